The van der Waals surface area contributed by atoms with E-state index in [0.29, 0.717) is 48.1 Å². The van der Waals surface area contributed by atoms with Crippen LogP contribution >= 0.6 is 12.2 Å². The van der Waals surface area contributed by atoms with E-state index in [1.54, 1.807) is 48.5 Å². The number of halogens is 1. The third kappa shape index (κ3) is 7.65. The number of anilines is 2. The molecule has 7 nitrogen and oxygen atoms in total. The molecule has 0 atom stereocenters. The first-order chi connectivity index (χ1) is 16.4. The number of carbonyl (C=O) groups is 2. The molecule has 0 heterocycles. The van der Waals surface area contributed by atoms with Gasteiger partial charge in [0, 0.05) is 29.1 Å². The van der Waals surface area contributed by atoms with Gasteiger partial charge in [0.1, 0.15) is 18.2 Å². The van der Waals surface area contributed by atoms with Gasteiger partial charge in [-0.15, -0.1) is 0 Å². The Kier molecular flexibility index (Phi) is 9.07. The van der Waals surface area contributed by atoms with Gasteiger partial charge in [-0.2, -0.15) is 0 Å². The van der Waals surface area contributed by atoms with Crippen LogP contribution in [0.15, 0.2) is 72.8 Å². The number of hydrogen-bond acceptors (Lipinski definition) is 5. The van der Waals surface area contributed by atoms with Crippen molar-refractivity contribution in [1.82, 2.24) is 5.32 Å². The van der Waals surface area contributed by atoms with E-state index in [1.807, 2.05) is 6.92 Å². The molecule has 0 fully saturated rings. The van der Waals surface area contributed by atoms with Gasteiger partial charge in [0.05, 0.1) is 6.61 Å². The van der Waals surface area contributed by atoms with Gasteiger partial charge in [-0.1, -0.05) is 6.07 Å². The van der Waals surface area contributed by atoms with Gasteiger partial charge >= 0.3 is 0 Å². The maximum atomic E-state index is 13.0. The molecule has 0 unspecified atom stereocenters. The van der Waals surface area contributed by atoms with Gasteiger partial charge in [0.2, 0.25) is 0 Å². The molecular weight excluding hydrogens is 457 g/mol. The molecule has 3 aromatic rings. The van der Waals surface area contributed by atoms with Crippen LogP contribution in [0.2, 0.25) is 0 Å². The number of amides is 2. The Bertz CT molecular complexity index is 1140. The molecule has 0 spiro atoms. The maximum Gasteiger partial charge on any atom is 0.257 e. The summed E-state index contributed by atoms with van der Waals surface area (Å²) in [4.78, 5) is 24.9. The number of ether oxygens (including phenoxy) is 2. The minimum absolute atomic E-state index is 0.0816. The number of benzene rings is 3. The first-order valence-corrected chi connectivity index (χ1v) is 11.0. The molecule has 0 aromatic heterocycles. The van der Waals surface area contributed by atoms with Crippen molar-refractivity contribution >= 4 is 40.5 Å². The summed E-state index contributed by atoms with van der Waals surface area (Å²) in [5.74, 6) is -0.508. The molecule has 0 aliphatic rings. The molecular formula is C25H24FN3O4S. The number of carbonyl (C=O) groups excluding carboxylic acids is 2. The topological polar surface area (TPSA) is 88.7 Å². The minimum atomic E-state index is -0.387. The molecule has 34 heavy (non-hydrogen) atoms. The minimum Gasteiger partial charge on any atom is -0.491 e. The average Bonchev–Trinajstić information content (AvgIpc) is 2.83. The van der Waals surface area contributed by atoms with Gasteiger partial charge in [0.25, 0.3) is 11.8 Å². The molecule has 3 aromatic carbocycles. The highest BCUT2D eigenvalue weighted by atomic mass is 32.1. The van der Waals surface area contributed by atoms with Crippen LogP contribution < -0.4 is 20.7 Å². The normalized spacial score (nSPS) is 10.3. The van der Waals surface area contributed by atoms with Crippen LogP contribution in [0.5, 0.6) is 5.75 Å². The molecule has 2 amide bonds. The van der Waals surface area contributed by atoms with Crippen molar-refractivity contribution in [2.75, 3.05) is 30.5 Å². The summed E-state index contributed by atoms with van der Waals surface area (Å²) < 4.78 is 23.8. The van der Waals surface area contributed by atoms with Crippen molar-refractivity contribution in [2.45, 2.75) is 6.92 Å². The van der Waals surface area contributed by atoms with Gasteiger partial charge in [-0.3, -0.25) is 14.9 Å². The molecule has 176 valence electrons. The van der Waals surface area contributed by atoms with E-state index in [0.717, 1.165) is 0 Å². The smallest absolute Gasteiger partial charge is 0.257 e. The summed E-state index contributed by atoms with van der Waals surface area (Å²) in [5.41, 5.74) is 1.77. The van der Waals surface area contributed by atoms with E-state index in [1.165, 1.54) is 24.3 Å². The fourth-order valence-corrected chi connectivity index (χ4v) is 3.09. The van der Waals surface area contributed by atoms with E-state index >= 15 is 0 Å². The van der Waals surface area contributed by atoms with Crippen molar-refractivity contribution in [3.05, 3.63) is 89.7 Å². The summed E-state index contributed by atoms with van der Waals surface area (Å²) in [5, 5.41) is 8.27. The molecule has 3 N–H and O–H groups in total. The van der Waals surface area contributed by atoms with E-state index in [2.05, 4.69) is 16.0 Å². The Hall–Kier alpha value is -3.82. The van der Waals surface area contributed by atoms with Crippen LogP contribution in [-0.2, 0) is 4.74 Å². The van der Waals surface area contributed by atoms with Gasteiger partial charge < -0.3 is 20.1 Å². The predicted octanol–water partition coefficient (Wildman–Crippen LogP) is 4.62. The van der Waals surface area contributed by atoms with Crippen LogP contribution in [0.3, 0.4) is 0 Å². The Labute approximate surface area is 202 Å². The molecule has 9 heteroatoms. The van der Waals surface area contributed by atoms with E-state index in [-0.39, 0.29) is 22.7 Å². The third-order valence-corrected chi connectivity index (χ3v) is 4.73. The molecule has 0 saturated heterocycles. The summed E-state index contributed by atoms with van der Waals surface area (Å²) in [7, 11) is 0. The Balaban J connectivity index is 1.52. The lowest BCUT2D eigenvalue weighted by atomic mass is 10.2. The molecule has 0 saturated carbocycles. The zero-order valence-corrected chi connectivity index (χ0v) is 19.3. The van der Waals surface area contributed by atoms with Crippen molar-refractivity contribution in [3.63, 3.8) is 0 Å². The van der Waals surface area contributed by atoms with Crippen LogP contribution in [-0.4, -0.2) is 36.7 Å². The highest BCUT2D eigenvalue weighted by Crippen LogP contribution is 2.15. The highest BCUT2D eigenvalue weighted by molar-refractivity contribution is 7.80. The second-order valence-electron chi connectivity index (χ2n) is 7.02. The zero-order valence-electron chi connectivity index (χ0n) is 18.5. The second-order valence-corrected chi connectivity index (χ2v) is 7.43. The van der Waals surface area contributed by atoms with Crippen molar-refractivity contribution < 1.29 is 23.5 Å². The molecule has 0 radical (unpaired) electrons. The molecule has 0 aliphatic carbocycles. The van der Waals surface area contributed by atoms with Gasteiger partial charge in [-0.25, -0.2) is 4.39 Å². The van der Waals surface area contributed by atoms with E-state index in [9.17, 15) is 14.0 Å². The standard InChI is InChI=1S/C25H24FN3O4S/c1-2-32-14-15-33-22-12-6-17(7-13-22)23(30)29-25(34)28-21-5-3-4-18(16-21)24(31)27-20-10-8-19(26)9-11-20/h3-13,16H,2,14-15H2,1H3,(H,27,31)(H2,28,29,30,34). The van der Waals surface area contributed by atoms with E-state index < -0.39 is 0 Å². The quantitative estimate of drug-likeness (QED) is 0.305. The second kappa shape index (κ2) is 12.4. The average molecular weight is 482 g/mol. The van der Waals surface area contributed by atoms with Crippen LogP contribution in [0.25, 0.3) is 0 Å². The van der Waals surface area contributed by atoms with Gasteiger partial charge in [-0.05, 0) is 85.9 Å². The monoisotopic (exact) mass is 481 g/mol. The first-order valence-electron chi connectivity index (χ1n) is 10.5. The Morgan fingerprint density at radius 3 is 2.29 bits per heavy atom. The van der Waals surface area contributed by atoms with E-state index in [4.69, 9.17) is 21.7 Å². The fraction of sp³-hybridized carbons (Fsp3) is 0.160. The Morgan fingerprint density at radius 1 is 0.853 bits per heavy atom. The number of hydrogen-bond donors (Lipinski definition) is 3. The SMILES string of the molecule is CCOCCOc1ccc(C(=O)NC(=S)Nc2cccc(C(=O)Nc3ccc(F)cc3)c2)cc1. The first kappa shape index (κ1) is 24.8. The number of thiocarbonyl (C=S) groups is 1. The van der Waals surface area contributed by atoms with Crippen LogP contribution in [0, 0.1) is 5.82 Å². The lowest BCUT2D eigenvalue weighted by Gasteiger charge is -2.11. The maximum absolute atomic E-state index is 13.0. The molecule has 0 bridgehead atoms. The summed E-state index contributed by atoms with van der Waals surface area (Å²) in [6, 6.07) is 18.7. The predicted molar refractivity (Wildman–Crippen MR) is 133 cm³/mol. The fourth-order valence-electron chi connectivity index (χ4n) is 2.88. The largest absolute Gasteiger partial charge is 0.491 e. The van der Waals surface area contributed by atoms with Crippen molar-refractivity contribution in [1.29, 1.82) is 0 Å². The van der Waals surface area contributed by atoms with Crippen molar-refractivity contribution in [3.8, 4) is 5.75 Å². The highest BCUT2D eigenvalue weighted by Gasteiger charge is 2.11. The number of rotatable bonds is 9. The lowest BCUT2D eigenvalue weighted by Crippen LogP contribution is -2.34. The Morgan fingerprint density at radius 2 is 1.59 bits per heavy atom. The van der Waals surface area contributed by atoms with Crippen LogP contribution in [0.4, 0.5) is 15.8 Å². The summed E-state index contributed by atoms with van der Waals surface area (Å²) in [6.45, 7) is 3.46. The molecule has 3 rings (SSSR count). The lowest BCUT2D eigenvalue weighted by molar-refractivity contribution is 0.0975. The van der Waals surface area contributed by atoms with Crippen LogP contribution in [0.1, 0.15) is 27.6 Å². The summed E-state index contributed by atoms with van der Waals surface area (Å²) in [6.07, 6.45) is 0. The number of nitrogens with one attached hydrogen (secondary N) is 3. The van der Waals surface area contributed by atoms with Gasteiger partial charge in [0.15, 0.2) is 5.11 Å². The third-order valence-electron chi connectivity index (χ3n) is 4.53. The zero-order chi connectivity index (χ0) is 24.3. The summed E-state index contributed by atoms with van der Waals surface area (Å²) >= 11 is 5.23. The van der Waals surface area contributed by atoms with Crippen molar-refractivity contribution in [2.24, 2.45) is 0 Å². The molecule has 0 aliphatic heterocycles.